The molecule has 1 aromatic heterocycles. The van der Waals surface area contributed by atoms with Crippen LogP contribution in [0.25, 0.3) is 22.1 Å². The zero-order valence-electron chi connectivity index (χ0n) is 12.5. The molecule has 6 heteroatoms. The molecule has 0 amide bonds. The second-order valence-corrected chi connectivity index (χ2v) is 5.60. The summed E-state index contributed by atoms with van der Waals surface area (Å²) in [6.45, 7) is 1.49. The molecular formula is C18H13F3N2O. The van der Waals surface area contributed by atoms with E-state index in [1.54, 1.807) is 18.2 Å². The Kier molecular flexibility index (Phi) is 3.33. The fourth-order valence-corrected chi connectivity index (χ4v) is 2.78. The number of benzene rings is 2. The fourth-order valence-electron chi connectivity index (χ4n) is 2.78. The van der Waals surface area contributed by atoms with Crippen molar-refractivity contribution < 1.29 is 17.6 Å². The minimum Gasteiger partial charge on any atom is -0.453 e. The van der Waals surface area contributed by atoms with Gasteiger partial charge in [-0.3, -0.25) is 4.99 Å². The first kappa shape index (κ1) is 14.8. The Hall–Kier alpha value is -2.76. The number of hydrogen-bond acceptors (Lipinski definition) is 3. The van der Waals surface area contributed by atoms with Crippen molar-refractivity contribution in [1.82, 2.24) is 5.32 Å². The molecule has 122 valence electrons. The molecule has 0 saturated carbocycles. The standard InChI is InChI=1S/C18H13F3N2O/c19-18(20,21)14-3-1-2-11(9-14)12-4-5-15-13(8-12)10-16(24-15)17-22-6-7-23-17/h1-5,8-10H,6-7H2,(H,22,23). The lowest BCUT2D eigenvalue weighted by molar-refractivity contribution is -0.137. The molecule has 0 atom stereocenters. The van der Waals surface area contributed by atoms with Crippen molar-refractivity contribution in [2.75, 3.05) is 13.1 Å². The smallest absolute Gasteiger partial charge is 0.416 e. The Labute approximate surface area is 135 Å². The third-order valence-electron chi connectivity index (χ3n) is 3.95. The molecular weight excluding hydrogens is 317 g/mol. The van der Waals surface area contributed by atoms with Crippen molar-refractivity contribution in [3.63, 3.8) is 0 Å². The van der Waals surface area contributed by atoms with E-state index in [4.69, 9.17) is 4.42 Å². The van der Waals surface area contributed by atoms with Gasteiger partial charge in [-0.25, -0.2) is 0 Å². The van der Waals surface area contributed by atoms with Crippen molar-refractivity contribution in [3.05, 3.63) is 59.9 Å². The number of aliphatic imine (C=N–C) groups is 1. The highest BCUT2D eigenvalue weighted by Crippen LogP contribution is 2.33. The average Bonchev–Trinajstić information content (AvgIpc) is 3.22. The molecule has 0 unspecified atom stereocenters. The lowest BCUT2D eigenvalue weighted by Gasteiger charge is -2.08. The number of rotatable bonds is 2. The molecule has 0 aliphatic carbocycles. The summed E-state index contributed by atoms with van der Waals surface area (Å²) in [5.41, 5.74) is 1.25. The van der Waals surface area contributed by atoms with Crippen LogP contribution in [-0.2, 0) is 6.18 Å². The van der Waals surface area contributed by atoms with Gasteiger partial charge in [-0.05, 0) is 41.5 Å². The van der Waals surface area contributed by atoms with Crippen LogP contribution in [0.4, 0.5) is 13.2 Å². The van der Waals surface area contributed by atoms with E-state index in [1.165, 1.54) is 6.07 Å². The summed E-state index contributed by atoms with van der Waals surface area (Å²) in [5.74, 6) is 1.36. The van der Waals surface area contributed by atoms with Gasteiger partial charge >= 0.3 is 6.18 Å². The van der Waals surface area contributed by atoms with E-state index in [-0.39, 0.29) is 0 Å². The monoisotopic (exact) mass is 330 g/mol. The van der Waals surface area contributed by atoms with E-state index in [2.05, 4.69) is 10.3 Å². The van der Waals surface area contributed by atoms with E-state index < -0.39 is 11.7 Å². The highest BCUT2D eigenvalue weighted by Gasteiger charge is 2.30. The SMILES string of the molecule is FC(F)(F)c1cccc(-c2ccc3oc(C4=NCCN4)cc3c2)c1. The molecule has 0 fully saturated rings. The lowest BCUT2D eigenvalue weighted by Crippen LogP contribution is -2.18. The van der Waals surface area contributed by atoms with Crippen LogP contribution in [0.5, 0.6) is 0 Å². The van der Waals surface area contributed by atoms with Gasteiger partial charge in [0.1, 0.15) is 5.58 Å². The Morgan fingerprint density at radius 3 is 2.58 bits per heavy atom. The third-order valence-corrected chi connectivity index (χ3v) is 3.95. The molecule has 1 N–H and O–H groups in total. The Balaban J connectivity index is 1.75. The number of nitrogens with one attached hydrogen (secondary N) is 1. The zero-order chi connectivity index (χ0) is 16.7. The van der Waals surface area contributed by atoms with Gasteiger partial charge in [0.15, 0.2) is 11.6 Å². The van der Waals surface area contributed by atoms with E-state index in [1.807, 2.05) is 12.1 Å². The molecule has 24 heavy (non-hydrogen) atoms. The van der Waals surface area contributed by atoms with Crippen LogP contribution in [0.1, 0.15) is 11.3 Å². The van der Waals surface area contributed by atoms with Gasteiger partial charge < -0.3 is 9.73 Å². The molecule has 4 rings (SSSR count). The quantitative estimate of drug-likeness (QED) is 0.753. The molecule has 0 radical (unpaired) electrons. The Morgan fingerprint density at radius 2 is 1.83 bits per heavy atom. The van der Waals surface area contributed by atoms with Crippen molar-refractivity contribution in [1.29, 1.82) is 0 Å². The average molecular weight is 330 g/mol. The molecule has 2 aromatic carbocycles. The summed E-state index contributed by atoms with van der Waals surface area (Å²) < 4.78 is 44.4. The third kappa shape index (κ3) is 2.64. The van der Waals surface area contributed by atoms with Crippen LogP contribution in [0.2, 0.25) is 0 Å². The lowest BCUT2D eigenvalue weighted by atomic mass is 10.0. The first-order valence-electron chi connectivity index (χ1n) is 7.51. The van der Waals surface area contributed by atoms with E-state index in [0.29, 0.717) is 34.9 Å². The summed E-state index contributed by atoms with van der Waals surface area (Å²) in [7, 11) is 0. The van der Waals surface area contributed by atoms with Crippen LogP contribution < -0.4 is 5.32 Å². The molecule has 2 heterocycles. The largest absolute Gasteiger partial charge is 0.453 e. The van der Waals surface area contributed by atoms with E-state index in [0.717, 1.165) is 24.1 Å². The van der Waals surface area contributed by atoms with Gasteiger partial charge in [-0.2, -0.15) is 13.2 Å². The number of fused-ring (bicyclic) bond motifs is 1. The maximum atomic E-state index is 12.9. The van der Waals surface area contributed by atoms with Crippen molar-refractivity contribution in [2.45, 2.75) is 6.18 Å². The first-order valence-corrected chi connectivity index (χ1v) is 7.51. The highest BCUT2D eigenvalue weighted by atomic mass is 19.4. The summed E-state index contributed by atoms with van der Waals surface area (Å²) in [6, 6.07) is 12.5. The summed E-state index contributed by atoms with van der Waals surface area (Å²) in [6.07, 6.45) is -4.35. The maximum Gasteiger partial charge on any atom is 0.416 e. The normalized spacial score (nSPS) is 14.7. The fraction of sp³-hybridized carbons (Fsp3) is 0.167. The number of hydrogen-bond donors (Lipinski definition) is 1. The summed E-state index contributed by atoms with van der Waals surface area (Å²) in [5, 5.41) is 3.97. The Bertz CT molecular complexity index is 941. The van der Waals surface area contributed by atoms with Crippen LogP contribution in [0.3, 0.4) is 0 Å². The van der Waals surface area contributed by atoms with Gasteiger partial charge in [0, 0.05) is 11.9 Å². The van der Waals surface area contributed by atoms with Crippen molar-refractivity contribution in [2.24, 2.45) is 4.99 Å². The second-order valence-electron chi connectivity index (χ2n) is 5.60. The molecule has 0 bridgehead atoms. The number of nitrogens with zero attached hydrogens (tertiary/aromatic N) is 1. The molecule has 3 aromatic rings. The maximum absolute atomic E-state index is 12.9. The van der Waals surface area contributed by atoms with Gasteiger partial charge in [-0.15, -0.1) is 0 Å². The van der Waals surface area contributed by atoms with Gasteiger partial charge in [0.25, 0.3) is 0 Å². The predicted octanol–water partition coefficient (Wildman–Crippen LogP) is 4.47. The molecule has 1 aliphatic rings. The highest BCUT2D eigenvalue weighted by molar-refractivity contribution is 6.01. The minimum absolute atomic E-state index is 0.519. The van der Waals surface area contributed by atoms with Gasteiger partial charge in [0.2, 0.25) is 0 Å². The van der Waals surface area contributed by atoms with Crippen LogP contribution in [0.15, 0.2) is 57.9 Å². The van der Waals surface area contributed by atoms with Crippen LogP contribution >= 0.6 is 0 Å². The number of amidine groups is 1. The number of halogens is 3. The van der Waals surface area contributed by atoms with E-state index >= 15 is 0 Å². The van der Waals surface area contributed by atoms with Crippen molar-refractivity contribution >= 4 is 16.8 Å². The molecule has 3 nitrogen and oxygen atoms in total. The van der Waals surface area contributed by atoms with Crippen LogP contribution in [-0.4, -0.2) is 18.9 Å². The van der Waals surface area contributed by atoms with Crippen molar-refractivity contribution in [3.8, 4) is 11.1 Å². The summed E-state index contributed by atoms with van der Waals surface area (Å²) in [4.78, 5) is 4.31. The number of furan rings is 1. The second kappa shape index (κ2) is 5.40. The van der Waals surface area contributed by atoms with Gasteiger partial charge in [0.05, 0.1) is 12.1 Å². The predicted molar refractivity (Wildman–Crippen MR) is 86.1 cm³/mol. The zero-order valence-corrected chi connectivity index (χ0v) is 12.5. The Morgan fingerprint density at radius 1 is 1.00 bits per heavy atom. The number of alkyl halides is 3. The minimum atomic E-state index is -4.35. The molecule has 0 saturated heterocycles. The van der Waals surface area contributed by atoms with E-state index in [9.17, 15) is 13.2 Å². The van der Waals surface area contributed by atoms with Crippen LogP contribution in [0, 0.1) is 0 Å². The summed E-state index contributed by atoms with van der Waals surface area (Å²) >= 11 is 0. The molecule has 1 aliphatic heterocycles. The van der Waals surface area contributed by atoms with Gasteiger partial charge in [-0.1, -0.05) is 18.2 Å². The first-order chi connectivity index (χ1) is 11.5. The topological polar surface area (TPSA) is 37.5 Å². The molecule has 0 spiro atoms.